The van der Waals surface area contributed by atoms with Gasteiger partial charge in [0.15, 0.2) is 0 Å². The van der Waals surface area contributed by atoms with Crippen LogP contribution in [-0.4, -0.2) is 36.3 Å². The number of nitrogens with one attached hydrogen (secondary N) is 1. The van der Waals surface area contributed by atoms with Gasteiger partial charge in [-0.15, -0.1) is 0 Å². The zero-order valence-electron chi connectivity index (χ0n) is 14.4. The number of anilines is 1. The molecular weight excluding hydrogens is 332 g/mol. The number of carboxylic acids is 1. The van der Waals surface area contributed by atoms with Gasteiger partial charge < -0.3 is 20.1 Å². The van der Waals surface area contributed by atoms with Crippen LogP contribution in [0.15, 0.2) is 54.6 Å². The lowest BCUT2D eigenvalue weighted by atomic mass is 10.0. The van der Waals surface area contributed by atoms with Gasteiger partial charge >= 0.3 is 12.1 Å². The molecule has 2 aromatic rings. The monoisotopic (exact) mass is 354 g/mol. The van der Waals surface area contributed by atoms with E-state index in [0.29, 0.717) is 0 Å². The molecule has 0 atom stereocenters. The number of benzene rings is 2. The molecule has 0 unspecified atom stereocenters. The molecule has 0 aromatic heterocycles. The molecule has 136 valence electrons. The van der Waals surface area contributed by atoms with Crippen molar-refractivity contribution < 1.29 is 19.4 Å². The molecule has 26 heavy (non-hydrogen) atoms. The SMILES string of the molecule is O=C(NC1CCN(c2cccc(C(=O)O)c2)CC1)OCc1ccccc1. The first kappa shape index (κ1) is 17.8. The number of alkyl carbamates (subject to hydrolysis) is 1. The van der Waals surface area contributed by atoms with E-state index in [-0.39, 0.29) is 18.2 Å². The van der Waals surface area contributed by atoms with E-state index in [1.165, 1.54) is 0 Å². The summed E-state index contributed by atoms with van der Waals surface area (Å²) < 4.78 is 5.26. The number of ether oxygens (including phenoxy) is 1. The number of carboxylic acid groups (broad SMARTS) is 1. The summed E-state index contributed by atoms with van der Waals surface area (Å²) in [5, 5.41) is 12.0. The first-order chi connectivity index (χ1) is 12.6. The Kier molecular flexibility index (Phi) is 5.73. The molecule has 0 saturated carbocycles. The third-order valence-corrected chi connectivity index (χ3v) is 4.49. The van der Waals surface area contributed by atoms with E-state index in [9.17, 15) is 9.59 Å². The second-order valence-corrected chi connectivity index (χ2v) is 6.32. The highest BCUT2D eigenvalue weighted by molar-refractivity contribution is 5.88. The zero-order chi connectivity index (χ0) is 18.4. The number of nitrogens with zero attached hydrogens (tertiary/aromatic N) is 1. The van der Waals surface area contributed by atoms with Gasteiger partial charge in [-0.3, -0.25) is 0 Å². The first-order valence-electron chi connectivity index (χ1n) is 8.67. The van der Waals surface area contributed by atoms with E-state index in [4.69, 9.17) is 9.84 Å². The Morgan fingerprint density at radius 3 is 2.50 bits per heavy atom. The van der Waals surface area contributed by atoms with Gasteiger partial charge in [0, 0.05) is 24.8 Å². The fraction of sp³-hybridized carbons (Fsp3) is 0.300. The number of hydrogen-bond donors (Lipinski definition) is 2. The van der Waals surface area contributed by atoms with Gasteiger partial charge in [-0.1, -0.05) is 36.4 Å². The molecule has 0 spiro atoms. The van der Waals surface area contributed by atoms with Gasteiger partial charge in [-0.05, 0) is 36.6 Å². The summed E-state index contributed by atoms with van der Waals surface area (Å²) in [6, 6.07) is 16.6. The summed E-state index contributed by atoms with van der Waals surface area (Å²) >= 11 is 0. The minimum atomic E-state index is -0.926. The molecule has 0 radical (unpaired) electrons. The maximum atomic E-state index is 11.9. The standard InChI is InChI=1S/C20H22N2O4/c23-19(24)16-7-4-8-18(13-16)22-11-9-17(10-12-22)21-20(25)26-14-15-5-2-1-3-6-15/h1-8,13,17H,9-12,14H2,(H,21,25)(H,23,24). The molecule has 2 N–H and O–H groups in total. The predicted molar refractivity (Wildman–Crippen MR) is 98.4 cm³/mol. The van der Waals surface area contributed by atoms with Crippen LogP contribution in [-0.2, 0) is 11.3 Å². The lowest BCUT2D eigenvalue weighted by Crippen LogP contribution is -2.44. The second-order valence-electron chi connectivity index (χ2n) is 6.32. The molecule has 2 aromatic carbocycles. The summed E-state index contributed by atoms with van der Waals surface area (Å²) in [5.74, 6) is -0.926. The largest absolute Gasteiger partial charge is 0.478 e. The van der Waals surface area contributed by atoms with Crippen LogP contribution in [0.5, 0.6) is 0 Å². The molecule has 0 bridgehead atoms. The van der Waals surface area contributed by atoms with Crippen LogP contribution < -0.4 is 10.2 Å². The average Bonchev–Trinajstić information content (AvgIpc) is 2.68. The second kappa shape index (κ2) is 8.38. The Morgan fingerprint density at radius 2 is 1.81 bits per heavy atom. The van der Waals surface area contributed by atoms with E-state index in [0.717, 1.165) is 37.2 Å². The van der Waals surface area contributed by atoms with Crippen molar-refractivity contribution in [3.05, 3.63) is 65.7 Å². The molecular formula is C20H22N2O4. The van der Waals surface area contributed by atoms with Gasteiger partial charge in [0.2, 0.25) is 0 Å². The maximum Gasteiger partial charge on any atom is 0.407 e. The Hall–Kier alpha value is -3.02. The highest BCUT2D eigenvalue weighted by atomic mass is 16.5. The third-order valence-electron chi connectivity index (χ3n) is 4.49. The van der Waals surface area contributed by atoms with Crippen molar-refractivity contribution in [1.29, 1.82) is 0 Å². The lowest BCUT2D eigenvalue weighted by Gasteiger charge is -2.33. The van der Waals surface area contributed by atoms with Gasteiger partial charge in [0.1, 0.15) is 6.61 Å². The van der Waals surface area contributed by atoms with Crippen molar-refractivity contribution in [2.24, 2.45) is 0 Å². The predicted octanol–water partition coefficient (Wildman–Crippen LogP) is 3.28. The minimum Gasteiger partial charge on any atom is -0.478 e. The topological polar surface area (TPSA) is 78.9 Å². The number of carbonyl (C=O) groups is 2. The number of rotatable bonds is 5. The van der Waals surface area contributed by atoms with Crippen LogP contribution in [0.2, 0.25) is 0 Å². The molecule has 3 rings (SSSR count). The minimum absolute atomic E-state index is 0.0668. The van der Waals surface area contributed by atoms with Gasteiger partial charge in [0.05, 0.1) is 5.56 Å². The van der Waals surface area contributed by atoms with Crippen LogP contribution in [0.3, 0.4) is 0 Å². The number of aromatic carboxylic acids is 1. The van der Waals surface area contributed by atoms with E-state index in [1.807, 2.05) is 36.4 Å². The van der Waals surface area contributed by atoms with Crippen molar-refractivity contribution in [3.63, 3.8) is 0 Å². The average molecular weight is 354 g/mol. The fourth-order valence-electron chi connectivity index (χ4n) is 3.05. The third kappa shape index (κ3) is 4.75. The molecule has 1 aliphatic rings. The quantitative estimate of drug-likeness (QED) is 0.861. The molecule has 1 amide bonds. The number of piperidine rings is 1. The normalized spacial score (nSPS) is 14.7. The van der Waals surface area contributed by atoms with E-state index in [2.05, 4.69) is 10.2 Å². The lowest BCUT2D eigenvalue weighted by molar-refractivity contribution is 0.0696. The van der Waals surface area contributed by atoms with Crippen LogP contribution >= 0.6 is 0 Å². The van der Waals surface area contributed by atoms with Crippen molar-refractivity contribution >= 4 is 17.7 Å². The Balaban J connectivity index is 1.45. The number of hydrogen-bond acceptors (Lipinski definition) is 4. The maximum absolute atomic E-state index is 11.9. The highest BCUT2D eigenvalue weighted by Gasteiger charge is 2.22. The van der Waals surface area contributed by atoms with Gasteiger partial charge in [0.25, 0.3) is 0 Å². The van der Waals surface area contributed by atoms with E-state index in [1.54, 1.807) is 18.2 Å². The zero-order valence-corrected chi connectivity index (χ0v) is 14.4. The number of carbonyl (C=O) groups excluding carboxylic acids is 1. The van der Waals surface area contributed by atoms with Crippen molar-refractivity contribution in [2.75, 3.05) is 18.0 Å². The summed E-state index contributed by atoms with van der Waals surface area (Å²) in [5.41, 5.74) is 2.14. The van der Waals surface area contributed by atoms with Crippen molar-refractivity contribution in [1.82, 2.24) is 5.32 Å². The number of amides is 1. The van der Waals surface area contributed by atoms with E-state index >= 15 is 0 Å². The van der Waals surface area contributed by atoms with Crippen molar-refractivity contribution in [3.8, 4) is 0 Å². The van der Waals surface area contributed by atoms with Crippen molar-refractivity contribution in [2.45, 2.75) is 25.5 Å². The Labute approximate surface area is 152 Å². The first-order valence-corrected chi connectivity index (χ1v) is 8.67. The Morgan fingerprint density at radius 1 is 1.08 bits per heavy atom. The molecule has 6 nitrogen and oxygen atoms in total. The fourth-order valence-corrected chi connectivity index (χ4v) is 3.05. The smallest absolute Gasteiger partial charge is 0.407 e. The van der Waals surface area contributed by atoms with Crippen LogP contribution in [0, 0.1) is 0 Å². The summed E-state index contributed by atoms with van der Waals surface area (Å²) in [6.45, 7) is 1.77. The van der Waals surface area contributed by atoms with E-state index < -0.39 is 12.1 Å². The molecule has 0 aliphatic carbocycles. The highest BCUT2D eigenvalue weighted by Crippen LogP contribution is 2.21. The summed E-state index contributed by atoms with van der Waals surface area (Å²) in [7, 11) is 0. The van der Waals surface area contributed by atoms with Gasteiger partial charge in [-0.2, -0.15) is 0 Å². The van der Waals surface area contributed by atoms with Crippen LogP contribution in [0.1, 0.15) is 28.8 Å². The molecule has 1 saturated heterocycles. The molecule has 6 heteroatoms. The Bertz CT molecular complexity index is 755. The molecule has 1 aliphatic heterocycles. The van der Waals surface area contributed by atoms with Crippen LogP contribution in [0.4, 0.5) is 10.5 Å². The molecule has 1 fully saturated rings. The summed E-state index contributed by atoms with van der Waals surface area (Å²) in [6.07, 6.45) is 1.18. The van der Waals surface area contributed by atoms with Crippen LogP contribution in [0.25, 0.3) is 0 Å². The molecule has 1 heterocycles. The van der Waals surface area contributed by atoms with Gasteiger partial charge in [-0.25, -0.2) is 9.59 Å². The summed E-state index contributed by atoms with van der Waals surface area (Å²) in [4.78, 5) is 25.2.